The predicted molar refractivity (Wildman–Crippen MR) is 77.4 cm³/mol. The minimum Gasteiger partial charge on any atom is -0.494 e. The van der Waals surface area contributed by atoms with Gasteiger partial charge in [0.05, 0.1) is 13.0 Å². The van der Waals surface area contributed by atoms with E-state index in [-0.39, 0.29) is 5.91 Å². The molecule has 0 atom stereocenters. The fourth-order valence-corrected chi connectivity index (χ4v) is 2.20. The van der Waals surface area contributed by atoms with Gasteiger partial charge in [0.2, 0.25) is 5.91 Å². The van der Waals surface area contributed by atoms with Crippen LogP contribution >= 0.6 is 11.6 Å². The van der Waals surface area contributed by atoms with E-state index in [1.165, 1.54) is 0 Å². The second kappa shape index (κ2) is 6.62. The summed E-state index contributed by atoms with van der Waals surface area (Å²) in [5, 5.41) is 0. The maximum Gasteiger partial charge on any atom is 0.230 e. The minimum absolute atomic E-state index is 0.0725. The summed E-state index contributed by atoms with van der Waals surface area (Å²) in [4.78, 5) is 13.7. The zero-order chi connectivity index (χ0) is 13.7. The first-order valence-corrected chi connectivity index (χ1v) is 7.07. The largest absolute Gasteiger partial charge is 0.494 e. The van der Waals surface area contributed by atoms with Crippen molar-refractivity contribution in [2.75, 3.05) is 19.0 Å². The van der Waals surface area contributed by atoms with Gasteiger partial charge in [-0.15, -0.1) is 11.6 Å². The van der Waals surface area contributed by atoms with Crippen molar-refractivity contribution in [2.45, 2.75) is 19.8 Å². The van der Waals surface area contributed by atoms with Crippen LogP contribution in [0.1, 0.15) is 24.5 Å². The highest BCUT2D eigenvalue weighted by molar-refractivity contribution is 6.18. The van der Waals surface area contributed by atoms with Gasteiger partial charge in [-0.2, -0.15) is 0 Å². The van der Waals surface area contributed by atoms with Crippen LogP contribution in [0.2, 0.25) is 0 Å². The number of hydrogen-bond donors (Lipinski definition) is 0. The summed E-state index contributed by atoms with van der Waals surface area (Å²) in [5.41, 5.74) is 2.07. The molecule has 0 aliphatic carbocycles. The number of benzene rings is 1. The number of hydrogen-bond acceptors (Lipinski definition) is 2. The highest BCUT2D eigenvalue weighted by Crippen LogP contribution is 2.23. The summed E-state index contributed by atoms with van der Waals surface area (Å²) < 4.78 is 5.60. The van der Waals surface area contributed by atoms with E-state index in [0.717, 1.165) is 23.3 Å². The lowest BCUT2D eigenvalue weighted by atomic mass is 10.0. The van der Waals surface area contributed by atoms with Gasteiger partial charge in [-0.1, -0.05) is 13.0 Å². The van der Waals surface area contributed by atoms with E-state index in [1.807, 2.05) is 30.5 Å². The van der Waals surface area contributed by atoms with Crippen LogP contribution in [-0.2, 0) is 11.2 Å². The van der Waals surface area contributed by atoms with Crippen LogP contribution < -0.4 is 4.74 Å². The molecule has 1 aromatic rings. The van der Waals surface area contributed by atoms with E-state index >= 15 is 0 Å². The van der Waals surface area contributed by atoms with Gasteiger partial charge in [-0.3, -0.25) is 4.79 Å². The van der Waals surface area contributed by atoms with Crippen molar-refractivity contribution in [2.24, 2.45) is 0 Å². The van der Waals surface area contributed by atoms with E-state index in [2.05, 4.69) is 6.92 Å². The maximum atomic E-state index is 12.1. The third-order valence-electron chi connectivity index (χ3n) is 3.01. The molecule has 0 saturated heterocycles. The van der Waals surface area contributed by atoms with Crippen molar-refractivity contribution in [3.05, 3.63) is 35.5 Å². The Hall–Kier alpha value is -1.48. The van der Waals surface area contributed by atoms with Crippen LogP contribution in [0.15, 0.2) is 24.4 Å². The molecule has 3 nitrogen and oxygen atoms in total. The van der Waals surface area contributed by atoms with Crippen LogP contribution in [-0.4, -0.2) is 29.8 Å². The highest BCUT2D eigenvalue weighted by atomic mass is 35.5. The number of rotatable bonds is 5. The number of carbonyl (C=O) groups is 1. The Bertz CT molecular complexity index is 485. The topological polar surface area (TPSA) is 29.5 Å². The molecule has 0 fully saturated rings. The molecule has 0 radical (unpaired) electrons. The zero-order valence-corrected chi connectivity index (χ0v) is 11.8. The smallest absolute Gasteiger partial charge is 0.230 e. The number of ether oxygens (including phenoxy) is 1. The van der Waals surface area contributed by atoms with Crippen molar-refractivity contribution in [1.82, 2.24) is 4.90 Å². The molecule has 0 N–H and O–H groups in total. The fraction of sp³-hybridized carbons (Fsp3) is 0.400. The summed E-state index contributed by atoms with van der Waals surface area (Å²) in [6.07, 6.45) is 5.13. The van der Waals surface area contributed by atoms with Crippen molar-refractivity contribution >= 4 is 23.6 Å². The van der Waals surface area contributed by atoms with Crippen molar-refractivity contribution in [3.8, 4) is 5.75 Å². The summed E-state index contributed by atoms with van der Waals surface area (Å²) in [5.74, 6) is 1.34. The average Bonchev–Trinajstić information content (AvgIpc) is 2.56. The van der Waals surface area contributed by atoms with E-state index < -0.39 is 0 Å². The van der Waals surface area contributed by atoms with E-state index in [4.69, 9.17) is 16.3 Å². The van der Waals surface area contributed by atoms with Gasteiger partial charge in [0.15, 0.2) is 0 Å². The molecular formula is C15H18ClNO2. The molecule has 1 amide bonds. The Kier molecular flexibility index (Phi) is 4.86. The third kappa shape index (κ3) is 3.51. The Labute approximate surface area is 118 Å². The summed E-state index contributed by atoms with van der Waals surface area (Å²) in [6, 6.07) is 5.90. The lowest BCUT2D eigenvalue weighted by Gasteiger charge is -2.15. The monoisotopic (exact) mass is 279 g/mol. The van der Waals surface area contributed by atoms with Crippen LogP contribution in [0.4, 0.5) is 0 Å². The van der Waals surface area contributed by atoms with Gasteiger partial charge in [0.25, 0.3) is 0 Å². The van der Waals surface area contributed by atoms with Gasteiger partial charge in [-0.05, 0) is 35.8 Å². The number of alkyl halides is 1. The highest BCUT2D eigenvalue weighted by Gasteiger charge is 2.16. The van der Waals surface area contributed by atoms with Crippen LogP contribution in [0.3, 0.4) is 0 Å². The normalized spacial score (nSPS) is 14.2. The Morgan fingerprint density at radius 3 is 3.00 bits per heavy atom. The third-order valence-corrected chi connectivity index (χ3v) is 3.18. The average molecular weight is 280 g/mol. The molecule has 1 heterocycles. The lowest BCUT2D eigenvalue weighted by molar-refractivity contribution is -0.127. The molecule has 1 aromatic carbocycles. The van der Waals surface area contributed by atoms with Crippen molar-refractivity contribution in [1.29, 1.82) is 0 Å². The first-order valence-electron chi connectivity index (χ1n) is 6.54. The molecule has 1 aliphatic heterocycles. The fourth-order valence-electron chi connectivity index (χ4n) is 2.02. The quantitative estimate of drug-likeness (QED) is 0.775. The Morgan fingerprint density at radius 1 is 1.42 bits per heavy atom. The number of fused-ring (bicyclic) bond motifs is 1. The molecular weight excluding hydrogens is 262 g/mol. The van der Waals surface area contributed by atoms with Crippen LogP contribution in [0.25, 0.3) is 6.08 Å². The van der Waals surface area contributed by atoms with Gasteiger partial charge in [0, 0.05) is 18.6 Å². The van der Waals surface area contributed by atoms with Crippen LogP contribution in [0.5, 0.6) is 5.75 Å². The predicted octanol–water partition coefficient (Wildman–Crippen LogP) is 3.07. The molecule has 0 unspecified atom stereocenters. The zero-order valence-electron chi connectivity index (χ0n) is 11.1. The van der Waals surface area contributed by atoms with E-state index in [1.54, 1.807) is 4.90 Å². The SMILES string of the molecule is CCCOc1ccc2c(c1)CC(=O)N(CCCl)C=C2. The van der Waals surface area contributed by atoms with Gasteiger partial charge >= 0.3 is 0 Å². The number of halogens is 1. The molecule has 4 heteroatoms. The molecule has 102 valence electrons. The van der Waals surface area contributed by atoms with Gasteiger partial charge in [0.1, 0.15) is 5.75 Å². The summed E-state index contributed by atoms with van der Waals surface area (Å²) in [7, 11) is 0. The molecule has 19 heavy (non-hydrogen) atoms. The van der Waals surface area contributed by atoms with Gasteiger partial charge in [-0.25, -0.2) is 0 Å². The van der Waals surface area contributed by atoms with E-state index in [0.29, 0.717) is 25.5 Å². The molecule has 0 bridgehead atoms. The maximum absolute atomic E-state index is 12.1. The number of nitrogens with zero attached hydrogens (tertiary/aromatic N) is 1. The number of carbonyl (C=O) groups excluding carboxylic acids is 1. The number of amides is 1. The van der Waals surface area contributed by atoms with Crippen molar-refractivity contribution < 1.29 is 9.53 Å². The van der Waals surface area contributed by atoms with Crippen LogP contribution in [0, 0.1) is 0 Å². The molecule has 0 saturated carbocycles. The molecule has 0 aromatic heterocycles. The standard InChI is InChI=1S/C15H18ClNO2/c1-2-9-19-14-4-3-12-5-7-17(8-6-16)15(18)11-13(12)10-14/h3-5,7,10H,2,6,8-9,11H2,1H3. The Morgan fingerprint density at radius 2 is 2.26 bits per heavy atom. The summed E-state index contributed by atoms with van der Waals surface area (Å²) >= 11 is 5.70. The second-order valence-corrected chi connectivity index (χ2v) is 4.86. The molecule has 1 aliphatic rings. The lowest BCUT2D eigenvalue weighted by Crippen LogP contribution is -2.28. The Balaban J connectivity index is 2.19. The second-order valence-electron chi connectivity index (χ2n) is 4.48. The minimum atomic E-state index is 0.0725. The van der Waals surface area contributed by atoms with E-state index in [9.17, 15) is 4.79 Å². The first kappa shape index (κ1) is 13.9. The molecule has 2 rings (SSSR count). The first-order chi connectivity index (χ1) is 9.24. The van der Waals surface area contributed by atoms with Gasteiger partial charge < -0.3 is 9.64 Å². The molecule has 0 spiro atoms. The summed E-state index contributed by atoms with van der Waals surface area (Å²) in [6.45, 7) is 3.31. The van der Waals surface area contributed by atoms with Crippen molar-refractivity contribution in [3.63, 3.8) is 0 Å².